The minimum absolute atomic E-state index is 0.0416. The Labute approximate surface area is 151 Å². The number of ether oxygens (including phenoxy) is 1. The molecule has 0 saturated carbocycles. The number of benzene rings is 1. The first-order chi connectivity index (χ1) is 11.5. The summed E-state index contributed by atoms with van der Waals surface area (Å²) in [6.45, 7) is 6.33. The lowest BCUT2D eigenvalue weighted by atomic mass is 10.1. The van der Waals surface area contributed by atoms with Crippen molar-refractivity contribution in [1.82, 2.24) is 10.2 Å². The van der Waals surface area contributed by atoms with Crippen LogP contribution in [0, 0.1) is 12.8 Å². The number of rotatable bonds is 8. The summed E-state index contributed by atoms with van der Waals surface area (Å²) in [5.74, 6) is 2.42. The molecule has 0 fully saturated rings. The maximum atomic E-state index is 12.1. The highest BCUT2D eigenvalue weighted by molar-refractivity contribution is 8.01. The van der Waals surface area contributed by atoms with E-state index in [9.17, 15) is 4.79 Å². The molecule has 24 heavy (non-hydrogen) atoms. The van der Waals surface area contributed by atoms with Gasteiger partial charge in [-0.15, -0.1) is 10.2 Å². The highest BCUT2D eigenvalue weighted by Gasteiger charge is 2.10. The van der Waals surface area contributed by atoms with Gasteiger partial charge in [-0.05, 0) is 36.5 Å². The fourth-order valence-corrected chi connectivity index (χ4v) is 3.84. The zero-order valence-corrected chi connectivity index (χ0v) is 16.1. The number of anilines is 1. The van der Waals surface area contributed by atoms with Gasteiger partial charge in [0.25, 0.3) is 0 Å². The molecule has 7 heteroatoms. The molecule has 0 saturated heterocycles. The molecular weight excluding hydrogens is 342 g/mol. The molecule has 2 rings (SSSR count). The Hall–Kier alpha value is -1.60. The second-order valence-electron chi connectivity index (χ2n) is 5.93. The van der Waals surface area contributed by atoms with Crippen LogP contribution in [0.3, 0.4) is 0 Å². The van der Waals surface area contributed by atoms with Gasteiger partial charge in [0, 0.05) is 12.2 Å². The predicted molar refractivity (Wildman–Crippen MR) is 100 cm³/mol. The van der Waals surface area contributed by atoms with Crippen LogP contribution in [0.25, 0.3) is 0 Å². The largest absolute Gasteiger partial charge is 0.496 e. The lowest BCUT2D eigenvalue weighted by Crippen LogP contribution is -2.12. The molecule has 1 N–H and O–H groups in total. The lowest BCUT2D eigenvalue weighted by molar-refractivity contribution is -0.116. The zero-order valence-electron chi connectivity index (χ0n) is 14.5. The van der Waals surface area contributed by atoms with E-state index in [0.29, 0.717) is 23.9 Å². The maximum Gasteiger partial charge on any atom is 0.226 e. The number of nitrogens with one attached hydrogen (secondary N) is 1. The number of aryl methyl sites for hydroxylation is 2. The molecule has 0 spiro atoms. The first kappa shape index (κ1) is 18.7. The lowest BCUT2D eigenvalue weighted by Gasteiger charge is -2.07. The topological polar surface area (TPSA) is 64.1 Å². The molecule has 1 heterocycles. The van der Waals surface area contributed by atoms with E-state index in [2.05, 4.69) is 35.4 Å². The van der Waals surface area contributed by atoms with E-state index in [0.717, 1.165) is 27.0 Å². The molecule has 0 bridgehead atoms. The summed E-state index contributed by atoms with van der Waals surface area (Å²) in [7, 11) is 1.66. The summed E-state index contributed by atoms with van der Waals surface area (Å²) in [5, 5.41) is 11.5. The molecule has 130 valence electrons. The number of nitrogens with zero attached hydrogens (tertiary/aromatic N) is 2. The Morgan fingerprint density at radius 1 is 1.38 bits per heavy atom. The van der Waals surface area contributed by atoms with Crippen LogP contribution in [0.4, 0.5) is 5.13 Å². The number of carbonyl (C=O) groups excluding carboxylic acids is 1. The van der Waals surface area contributed by atoms with E-state index < -0.39 is 0 Å². The van der Waals surface area contributed by atoms with Gasteiger partial charge in [0.1, 0.15) is 5.75 Å². The van der Waals surface area contributed by atoms with Crippen LogP contribution in [0.2, 0.25) is 0 Å². The summed E-state index contributed by atoms with van der Waals surface area (Å²) >= 11 is 3.10. The van der Waals surface area contributed by atoms with Gasteiger partial charge in [-0.25, -0.2) is 0 Å². The fraction of sp³-hybridized carbons (Fsp3) is 0.471. The quantitative estimate of drug-likeness (QED) is 0.562. The minimum atomic E-state index is -0.0416. The number of thioether (sulfide) groups is 1. The summed E-state index contributed by atoms with van der Waals surface area (Å²) in [6.07, 6.45) is 1.10. The van der Waals surface area contributed by atoms with Crippen molar-refractivity contribution in [3.63, 3.8) is 0 Å². The second-order valence-corrected chi connectivity index (χ2v) is 8.17. The third-order valence-electron chi connectivity index (χ3n) is 3.29. The van der Waals surface area contributed by atoms with Crippen molar-refractivity contribution in [3.8, 4) is 5.75 Å². The van der Waals surface area contributed by atoms with Gasteiger partial charge in [0.15, 0.2) is 4.34 Å². The van der Waals surface area contributed by atoms with Crippen LogP contribution in [-0.2, 0) is 11.2 Å². The molecule has 5 nitrogen and oxygen atoms in total. The van der Waals surface area contributed by atoms with Crippen LogP contribution in [0.15, 0.2) is 22.5 Å². The van der Waals surface area contributed by atoms with Crippen LogP contribution in [0.5, 0.6) is 5.75 Å². The van der Waals surface area contributed by atoms with Crippen molar-refractivity contribution in [2.24, 2.45) is 5.92 Å². The van der Waals surface area contributed by atoms with E-state index >= 15 is 0 Å². The Bertz CT molecular complexity index is 686. The number of carbonyl (C=O) groups is 1. The molecule has 0 aliphatic carbocycles. The number of methoxy groups -OCH3 is 1. The van der Waals surface area contributed by atoms with Crippen LogP contribution < -0.4 is 10.1 Å². The average molecular weight is 366 g/mol. The van der Waals surface area contributed by atoms with E-state index in [-0.39, 0.29) is 5.91 Å². The van der Waals surface area contributed by atoms with E-state index in [4.69, 9.17) is 4.74 Å². The van der Waals surface area contributed by atoms with Crippen molar-refractivity contribution >= 4 is 34.1 Å². The zero-order chi connectivity index (χ0) is 17.5. The first-order valence-electron chi connectivity index (χ1n) is 7.87. The molecular formula is C17H23N3O2S2. The summed E-state index contributed by atoms with van der Waals surface area (Å²) in [4.78, 5) is 12.1. The van der Waals surface area contributed by atoms with Gasteiger partial charge >= 0.3 is 0 Å². The van der Waals surface area contributed by atoms with Gasteiger partial charge in [-0.2, -0.15) is 0 Å². The van der Waals surface area contributed by atoms with Gasteiger partial charge in [-0.3, -0.25) is 4.79 Å². The standard InChI is InChI=1S/C17H23N3O2S2/c1-11(2)10-23-17-20-19-16(24-17)18-15(21)8-6-13-5-7-14(22-4)12(3)9-13/h5,7,9,11H,6,8,10H2,1-4H3,(H,18,19,21). The van der Waals surface area contributed by atoms with Gasteiger partial charge in [-0.1, -0.05) is 49.1 Å². The smallest absolute Gasteiger partial charge is 0.226 e. The SMILES string of the molecule is COc1ccc(CCC(=O)Nc2nnc(SCC(C)C)s2)cc1C. The Morgan fingerprint density at radius 2 is 2.17 bits per heavy atom. The molecule has 1 aromatic carbocycles. The van der Waals surface area contributed by atoms with Crippen molar-refractivity contribution in [2.75, 3.05) is 18.2 Å². The first-order valence-corrected chi connectivity index (χ1v) is 9.67. The average Bonchev–Trinajstić information content (AvgIpc) is 2.98. The molecule has 1 amide bonds. The molecule has 0 radical (unpaired) electrons. The monoisotopic (exact) mass is 365 g/mol. The van der Waals surface area contributed by atoms with Crippen LogP contribution >= 0.6 is 23.1 Å². The highest BCUT2D eigenvalue weighted by atomic mass is 32.2. The van der Waals surface area contributed by atoms with Crippen molar-refractivity contribution in [2.45, 2.75) is 38.0 Å². The third-order valence-corrected chi connectivity index (χ3v) is 5.69. The van der Waals surface area contributed by atoms with Gasteiger partial charge in [0.2, 0.25) is 11.0 Å². The molecule has 2 aromatic rings. The molecule has 0 atom stereocenters. The number of aromatic nitrogens is 2. The van der Waals surface area contributed by atoms with E-state index in [1.54, 1.807) is 18.9 Å². The number of hydrogen-bond acceptors (Lipinski definition) is 6. The van der Waals surface area contributed by atoms with Crippen molar-refractivity contribution in [3.05, 3.63) is 29.3 Å². The highest BCUT2D eigenvalue weighted by Crippen LogP contribution is 2.27. The Morgan fingerprint density at radius 3 is 2.83 bits per heavy atom. The van der Waals surface area contributed by atoms with E-state index in [1.165, 1.54) is 11.3 Å². The normalized spacial score (nSPS) is 10.9. The summed E-state index contributed by atoms with van der Waals surface area (Å²) in [6, 6.07) is 5.98. The summed E-state index contributed by atoms with van der Waals surface area (Å²) < 4.78 is 6.14. The van der Waals surface area contributed by atoms with Gasteiger partial charge in [0.05, 0.1) is 7.11 Å². The van der Waals surface area contributed by atoms with E-state index in [1.807, 2.05) is 19.1 Å². The number of amides is 1. The van der Waals surface area contributed by atoms with Crippen LogP contribution in [0.1, 0.15) is 31.4 Å². The van der Waals surface area contributed by atoms with Gasteiger partial charge < -0.3 is 10.1 Å². The Kier molecular flexibility index (Phi) is 7.05. The van der Waals surface area contributed by atoms with Crippen LogP contribution in [-0.4, -0.2) is 29.0 Å². The predicted octanol–water partition coefficient (Wildman–Crippen LogP) is 4.17. The maximum absolute atomic E-state index is 12.1. The minimum Gasteiger partial charge on any atom is -0.496 e. The fourth-order valence-electron chi connectivity index (χ4n) is 2.09. The second kappa shape index (κ2) is 9.03. The molecule has 0 unspecified atom stereocenters. The number of hydrogen-bond donors (Lipinski definition) is 1. The van der Waals surface area contributed by atoms with Crippen molar-refractivity contribution < 1.29 is 9.53 Å². The Balaban J connectivity index is 1.82. The molecule has 1 aromatic heterocycles. The molecule has 0 aliphatic rings. The summed E-state index contributed by atoms with van der Waals surface area (Å²) in [5.41, 5.74) is 2.19. The molecule has 0 aliphatic heterocycles. The van der Waals surface area contributed by atoms with Crippen molar-refractivity contribution in [1.29, 1.82) is 0 Å². The third kappa shape index (κ3) is 5.79.